The van der Waals surface area contributed by atoms with Gasteiger partial charge >= 0.3 is 0 Å². The van der Waals surface area contributed by atoms with Crippen LogP contribution in [0.2, 0.25) is 0 Å². The lowest BCUT2D eigenvalue weighted by molar-refractivity contribution is -0.0206. The minimum Gasteiger partial charge on any atom is -0.389 e. The number of nitrogens with zero attached hydrogens (tertiary/aromatic N) is 1. The molecule has 1 unspecified atom stereocenters. The second kappa shape index (κ2) is 2.65. The Balaban J connectivity index is 2.15. The van der Waals surface area contributed by atoms with Crippen molar-refractivity contribution in [2.24, 2.45) is 0 Å². The van der Waals surface area contributed by atoms with Gasteiger partial charge in [-0.1, -0.05) is 0 Å². The smallest absolute Gasteiger partial charge is 0.0992 e. The van der Waals surface area contributed by atoms with E-state index in [1.807, 2.05) is 0 Å². The van der Waals surface area contributed by atoms with Crippen LogP contribution in [0.4, 0.5) is 0 Å². The van der Waals surface area contributed by atoms with E-state index in [-0.39, 0.29) is 0 Å². The molecule has 4 N–H and O–H groups in total. The standard InChI is InChI=1S/C7H13NO4/c9-3-1-8-2-4(10)7(12)5(8)6(3)11/h3-7,9-12H,1-2H2/t3-,4-,5?,6-,7+/m0/s1. The summed E-state index contributed by atoms with van der Waals surface area (Å²) in [6, 6.07) is -0.491. The van der Waals surface area contributed by atoms with Crippen molar-refractivity contribution in [1.82, 2.24) is 4.90 Å². The SMILES string of the molecule is O[C@@H]1C2[C@H](O)[C@@H](O)CN2C[C@@H]1O. The van der Waals surface area contributed by atoms with Crippen LogP contribution in [-0.4, -0.2) is 68.9 Å². The molecule has 2 saturated heterocycles. The molecule has 5 heteroatoms. The van der Waals surface area contributed by atoms with E-state index in [1.165, 1.54) is 0 Å². The largest absolute Gasteiger partial charge is 0.389 e. The Kier molecular flexibility index (Phi) is 1.85. The van der Waals surface area contributed by atoms with Gasteiger partial charge in [0.15, 0.2) is 0 Å². The molecule has 2 fully saturated rings. The topological polar surface area (TPSA) is 84.2 Å². The fourth-order valence-electron chi connectivity index (χ4n) is 2.10. The van der Waals surface area contributed by atoms with E-state index >= 15 is 0 Å². The van der Waals surface area contributed by atoms with Crippen molar-refractivity contribution in [1.29, 1.82) is 0 Å². The van der Waals surface area contributed by atoms with Crippen LogP contribution in [0, 0.1) is 0 Å². The highest BCUT2D eigenvalue weighted by molar-refractivity contribution is 5.05. The molecule has 5 nitrogen and oxygen atoms in total. The number of rotatable bonds is 0. The molecule has 0 radical (unpaired) electrons. The Hall–Kier alpha value is -0.200. The molecule has 0 saturated carbocycles. The van der Waals surface area contributed by atoms with Crippen molar-refractivity contribution in [3.8, 4) is 0 Å². The van der Waals surface area contributed by atoms with Crippen molar-refractivity contribution >= 4 is 0 Å². The van der Waals surface area contributed by atoms with Crippen molar-refractivity contribution in [3.63, 3.8) is 0 Å². The second-order valence-electron chi connectivity index (χ2n) is 3.56. The Labute approximate surface area is 69.9 Å². The zero-order valence-corrected chi connectivity index (χ0v) is 6.54. The molecule has 0 spiro atoms. The minimum absolute atomic E-state index is 0.333. The maximum absolute atomic E-state index is 9.39. The summed E-state index contributed by atoms with van der Waals surface area (Å²) >= 11 is 0. The molecule has 2 aliphatic heterocycles. The lowest BCUT2D eigenvalue weighted by Gasteiger charge is -2.19. The van der Waals surface area contributed by atoms with Crippen molar-refractivity contribution in [2.75, 3.05) is 13.1 Å². The Morgan fingerprint density at radius 3 is 1.58 bits per heavy atom. The maximum atomic E-state index is 9.39. The van der Waals surface area contributed by atoms with Crippen LogP contribution in [0.3, 0.4) is 0 Å². The average Bonchev–Trinajstić information content (AvgIpc) is 2.40. The van der Waals surface area contributed by atoms with Gasteiger partial charge in [0, 0.05) is 13.1 Å². The summed E-state index contributed by atoms with van der Waals surface area (Å²) < 4.78 is 0. The van der Waals surface area contributed by atoms with E-state index in [2.05, 4.69) is 0 Å². The van der Waals surface area contributed by atoms with Crippen LogP contribution in [-0.2, 0) is 0 Å². The normalized spacial score (nSPS) is 54.5. The van der Waals surface area contributed by atoms with Gasteiger partial charge in [-0.2, -0.15) is 0 Å². The summed E-state index contributed by atoms with van der Waals surface area (Å²) in [6.07, 6.45) is -3.46. The summed E-state index contributed by atoms with van der Waals surface area (Å²) in [5, 5.41) is 37.2. The molecular formula is C7H13NO4. The lowest BCUT2D eigenvalue weighted by Crippen LogP contribution is -2.41. The van der Waals surface area contributed by atoms with Crippen LogP contribution in [0.15, 0.2) is 0 Å². The van der Waals surface area contributed by atoms with E-state index < -0.39 is 30.5 Å². The first-order chi connectivity index (χ1) is 5.61. The van der Waals surface area contributed by atoms with Gasteiger partial charge in [0.05, 0.1) is 30.5 Å². The number of aliphatic hydroxyl groups is 4. The molecule has 0 amide bonds. The monoisotopic (exact) mass is 175 g/mol. The van der Waals surface area contributed by atoms with Gasteiger partial charge < -0.3 is 20.4 Å². The number of hydrogen-bond donors (Lipinski definition) is 4. The van der Waals surface area contributed by atoms with Crippen LogP contribution in [0.1, 0.15) is 0 Å². The predicted molar refractivity (Wildman–Crippen MR) is 39.4 cm³/mol. The van der Waals surface area contributed by atoms with Gasteiger partial charge in [0.2, 0.25) is 0 Å². The molecular weight excluding hydrogens is 162 g/mol. The molecule has 5 atom stereocenters. The fraction of sp³-hybridized carbons (Fsp3) is 1.00. The molecule has 0 aliphatic carbocycles. The van der Waals surface area contributed by atoms with E-state index in [0.29, 0.717) is 13.1 Å². The van der Waals surface area contributed by atoms with Gasteiger partial charge in [-0.25, -0.2) is 0 Å². The summed E-state index contributed by atoms with van der Waals surface area (Å²) in [6.45, 7) is 0.667. The molecule has 70 valence electrons. The van der Waals surface area contributed by atoms with Gasteiger partial charge in [-0.15, -0.1) is 0 Å². The third-order valence-electron chi connectivity index (χ3n) is 2.75. The Morgan fingerprint density at radius 1 is 0.833 bits per heavy atom. The average molecular weight is 175 g/mol. The molecule has 2 heterocycles. The molecule has 0 aromatic rings. The molecule has 0 aromatic heterocycles. The number of hydrogen-bond acceptors (Lipinski definition) is 5. The van der Waals surface area contributed by atoms with Gasteiger partial charge in [0.25, 0.3) is 0 Å². The summed E-state index contributed by atoms with van der Waals surface area (Å²) in [5.41, 5.74) is 0. The van der Waals surface area contributed by atoms with Gasteiger partial charge in [-0.05, 0) is 0 Å². The number of aliphatic hydroxyl groups excluding tert-OH is 4. The van der Waals surface area contributed by atoms with Crippen LogP contribution >= 0.6 is 0 Å². The zero-order chi connectivity index (χ0) is 8.88. The van der Waals surface area contributed by atoms with Gasteiger partial charge in [-0.3, -0.25) is 4.90 Å². The molecule has 2 aliphatic rings. The third kappa shape index (κ3) is 0.982. The van der Waals surface area contributed by atoms with Crippen LogP contribution in [0.25, 0.3) is 0 Å². The van der Waals surface area contributed by atoms with Crippen molar-refractivity contribution in [2.45, 2.75) is 30.5 Å². The first-order valence-corrected chi connectivity index (χ1v) is 4.07. The van der Waals surface area contributed by atoms with Crippen molar-refractivity contribution in [3.05, 3.63) is 0 Å². The van der Waals surface area contributed by atoms with E-state index in [1.54, 1.807) is 4.90 Å². The van der Waals surface area contributed by atoms with Crippen LogP contribution < -0.4 is 0 Å². The first-order valence-electron chi connectivity index (χ1n) is 4.07. The van der Waals surface area contributed by atoms with E-state index in [9.17, 15) is 20.4 Å². The molecule has 12 heavy (non-hydrogen) atoms. The van der Waals surface area contributed by atoms with Gasteiger partial charge in [0.1, 0.15) is 0 Å². The third-order valence-corrected chi connectivity index (χ3v) is 2.75. The summed E-state index contributed by atoms with van der Waals surface area (Å²) in [4.78, 5) is 1.71. The van der Waals surface area contributed by atoms with Crippen LogP contribution in [0.5, 0.6) is 0 Å². The van der Waals surface area contributed by atoms with Crippen molar-refractivity contribution < 1.29 is 20.4 Å². The number of fused-ring (bicyclic) bond motifs is 1. The highest BCUT2D eigenvalue weighted by Gasteiger charge is 2.51. The summed E-state index contributed by atoms with van der Waals surface area (Å²) in [7, 11) is 0. The van der Waals surface area contributed by atoms with E-state index in [0.717, 1.165) is 0 Å². The lowest BCUT2D eigenvalue weighted by atomic mass is 10.0. The zero-order valence-electron chi connectivity index (χ0n) is 6.54. The summed E-state index contributed by atoms with van der Waals surface area (Å²) in [5.74, 6) is 0. The highest BCUT2D eigenvalue weighted by Crippen LogP contribution is 2.28. The highest BCUT2D eigenvalue weighted by atomic mass is 16.4. The molecule has 0 bridgehead atoms. The predicted octanol–water partition coefficient (Wildman–Crippen LogP) is -2.87. The Bertz CT molecular complexity index is 170. The fourth-order valence-corrected chi connectivity index (χ4v) is 2.10. The Morgan fingerprint density at radius 2 is 1.25 bits per heavy atom. The molecule has 0 aromatic carbocycles. The second-order valence-corrected chi connectivity index (χ2v) is 3.56. The molecule has 2 rings (SSSR count). The van der Waals surface area contributed by atoms with E-state index in [4.69, 9.17) is 0 Å². The maximum Gasteiger partial charge on any atom is 0.0992 e. The minimum atomic E-state index is -0.933. The first kappa shape index (κ1) is 8.40. The quantitative estimate of drug-likeness (QED) is 0.318.